The van der Waals surface area contributed by atoms with Crippen molar-refractivity contribution in [3.8, 4) is 0 Å². The van der Waals surface area contributed by atoms with Crippen molar-refractivity contribution < 1.29 is 19.2 Å². The molecule has 0 saturated heterocycles. The Labute approximate surface area is 155 Å². The molecule has 8 heteroatoms. The lowest BCUT2D eigenvalue weighted by Crippen LogP contribution is -2.21. The highest BCUT2D eigenvalue weighted by molar-refractivity contribution is 6.34. The van der Waals surface area contributed by atoms with E-state index in [4.69, 9.17) is 16.3 Å². The normalized spacial score (nSPS) is 10.5. The second-order valence-electron chi connectivity index (χ2n) is 5.82. The number of hydrogen-bond donors (Lipinski definition) is 1. The highest BCUT2D eigenvalue weighted by Crippen LogP contribution is 2.26. The van der Waals surface area contributed by atoms with Crippen LogP contribution in [0, 0.1) is 10.1 Å². The van der Waals surface area contributed by atoms with Gasteiger partial charge in [0.2, 0.25) is 0 Å². The molecule has 0 radical (unpaired) electrons. The topological polar surface area (TPSA) is 98.5 Å². The third-order valence-electron chi connectivity index (χ3n) is 3.58. The molecule has 0 saturated carbocycles. The van der Waals surface area contributed by atoms with Crippen molar-refractivity contribution in [2.75, 3.05) is 11.9 Å². The molecule has 0 aliphatic carbocycles. The molecule has 1 N–H and O–H groups in total. The quantitative estimate of drug-likeness (QED) is 0.463. The van der Waals surface area contributed by atoms with Crippen LogP contribution >= 0.6 is 11.6 Å². The highest BCUT2D eigenvalue weighted by atomic mass is 35.5. The maximum Gasteiger partial charge on any atom is 0.338 e. The highest BCUT2D eigenvalue weighted by Gasteiger charge is 2.14. The summed E-state index contributed by atoms with van der Waals surface area (Å²) in [5, 5.41) is 13.1. The number of rotatable bonds is 6. The molecule has 26 heavy (non-hydrogen) atoms. The Kier molecular flexibility index (Phi) is 6.30. The molecule has 136 valence electrons. The van der Waals surface area contributed by atoms with E-state index in [-0.39, 0.29) is 16.4 Å². The summed E-state index contributed by atoms with van der Waals surface area (Å²) < 4.78 is 4.96. The Morgan fingerprint density at radius 3 is 2.38 bits per heavy atom. The molecule has 0 atom stereocenters. The van der Waals surface area contributed by atoms with E-state index in [1.807, 2.05) is 26.0 Å². The molecule has 0 unspecified atom stereocenters. The zero-order chi connectivity index (χ0) is 19.3. The van der Waals surface area contributed by atoms with E-state index >= 15 is 0 Å². The summed E-state index contributed by atoms with van der Waals surface area (Å²) in [6.07, 6.45) is 0. The van der Waals surface area contributed by atoms with Crippen molar-refractivity contribution in [2.45, 2.75) is 19.8 Å². The van der Waals surface area contributed by atoms with Crippen molar-refractivity contribution in [1.29, 1.82) is 0 Å². The van der Waals surface area contributed by atoms with Crippen LogP contribution in [0.2, 0.25) is 5.02 Å². The summed E-state index contributed by atoms with van der Waals surface area (Å²) in [7, 11) is 0. The Balaban J connectivity index is 1.92. The number of carbonyl (C=O) groups is 2. The lowest BCUT2D eigenvalue weighted by molar-refractivity contribution is -0.384. The van der Waals surface area contributed by atoms with Crippen LogP contribution in [0.3, 0.4) is 0 Å². The Hall–Kier alpha value is -2.93. The van der Waals surface area contributed by atoms with Crippen LogP contribution in [0.4, 0.5) is 11.4 Å². The monoisotopic (exact) mass is 376 g/mol. The van der Waals surface area contributed by atoms with Gasteiger partial charge in [0.15, 0.2) is 6.61 Å². The third-order valence-corrected chi connectivity index (χ3v) is 3.90. The van der Waals surface area contributed by atoms with E-state index in [1.165, 1.54) is 12.1 Å². The van der Waals surface area contributed by atoms with E-state index in [9.17, 15) is 19.7 Å². The van der Waals surface area contributed by atoms with Gasteiger partial charge in [0.1, 0.15) is 0 Å². The third kappa shape index (κ3) is 5.03. The molecule has 7 nitrogen and oxygen atoms in total. The first-order valence-corrected chi connectivity index (χ1v) is 8.16. The first-order chi connectivity index (χ1) is 12.3. The molecule has 0 aromatic heterocycles. The Morgan fingerprint density at radius 2 is 1.85 bits per heavy atom. The summed E-state index contributed by atoms with van der Waals surface area (Å²) in [6.45, 7) is 3.58. The zero-order valence-corrected chi connectivity index (χ0v) is 14.9. The lowest BCUT2D eigenvalue weighted by atomic mass is 10.0. The average molecular weight is 377 g/mol. The first kappa shape index (κ1) is 19.4. The summed E-state index contributed by atoms with van der Waals surface area (Å²) in [4.78, 5) is 33.9. The molecule has 0 bridgehead atoms. The van der Waals surface area contributed by atoms with Gasteiger partial charge < -0.3 is 10.1 Å². The molecular weight excluding hydrogens is 360 g/mol. The number of ether oxygens (including phenoxy) is 1. The predicted octanol–water partition coefficient (Wildman–Crippen LogP) is 4.17. The van der Waals surface area contributed by atoms with Gasteiger partial charge in [-0.05, 0) is 29.7 Å². The standard InChI is InChI=1S/C18H17ClN2O5/c1-11(2)12-3-5-13(6-4-12)18(23)26-10-17(22)20-16-8-7-14(21(24)25)9-15(16)19/h3-9,11H,10H2,1-2H3,(H,20,22). The maximum atomic E-state index is 12.0. The lowest BCUT2D eigenvalue weighted by Gasteiger charge is -2.09. The second kappa shape index (κ2) is 8.44. The molecule has 0 heterocycles. The maximum absolute atomic E-state index is 12.0. The number of hydrogen-bond acceptors (Lipinski definition) is 5. The van der Waals surface area contributed by atoms with E-state index < -0.39 is 23.4 Å². The fourth-order valence-electron chi connectivity index (χ4n) is 2.12. The van der Waals surface area contributed by atoms with Crippen molar-refractivity contribution in [3.63, 3.8) is 0 Å². The Bertz CT molecular complexity index is 834. The van der Waals surface area contributed by atoms with Gasteiger partial charge in [-0.1, -0.05) is 37.6 Å². The van der Waals surface area contributed by atoms with E-state index in [2.05, 4.69) is 5.32 Å². The van der Waals surface area contributed by atoms with Gasteiger partial charge in [-0.15, -0.1) is 0 Å². The molecule has 0 fully saturated rings. The number of amides is 1. The number of non-ortho nitro benzene ring substituents is 1. The molecule has 0 aliphatic heterocycles. The number of nitrogens with one attached hydrogen (secondary N) is 1. The molecule has 1 amide bonds. The molecule has 0 spiro atoms. The van der Waals surface area contributed by atoms with Crippen LogP contribution in [0.25, 0.3) is 0 Å². The van der Waals surface area contributed by atoms with E-state index in [0.717, 1.165) is 11.6 Å². The first-order valence-electron chi connectivity index (χ1n) is 7.79. The average Bonchev–Trinajstić information content (AvgIpc) is 2.61. The molecular formula is C18H17ClN2O5. The number of anilines is 1. The fraction of sp³-hybridized carbons (Fsp3) is 0.222. The van der Waals surface area contributed by atoms with Crippen LogP contribution in [0.5, 0.6) is 0 Å². The molecule has 2 aromatic carbocycles. The van der Waals surface area contributed by atoms with Crippen LogP contribution in [0.1, 0.15) is 35.7 Å². The number of halogens is 1. The fourth-order valence-corrected chi connectivity index (χ4v) is 2.35. The van der Waals surface area contributed by atoms with Gasteiger partial charge in [-0.3, -0.25) is 14.9 Å². The van der Waals surface area contributed by atoms with Gasteiger partial charge in [0.05, 0.1) is 21.2 Å². The minimum absolute atomic E-state index is 0.0168. The summed E-state index contributed by atoms with van der Waals surface area (Å²) in [5.41, 5.74) is 1.44. The molecule has 2 aromatic rings. The second-order valence-corrected chi connectivity index (χ2v) is 6.23. The van der Waals surface area contributed by atoms with E-state index in [0.29, 0.717) is 11.5 Å². The van der Waals surface area contributed by atoms with Crippen LogP contribution in [0.15, 0.2) is 42.5 Å². The van der Waals surface area contributed by atoms with Crippen molar-refractivity contribution >= 4 is 34.9 Å². The number of nitrogens with zero attached hydrogens (tertiary/aromatic N) is 1. The summed E-state index contributed by atoms with van der Waals surface area (Å²) >= 11 is 5.89. The van der Waals surface area contributed by atoms with Crippen LogP contribution in [-0.4, -0.2) is 23.4 Å². The van der Waals surface area contributed by atoms with Crippen molar-refractivity contribution in [3.05, 3.63) is 68.7 Å². The van der Waals surface area contributed by atoms with Crippen LogP contribution < -0.4 is 5.32 Å². The SMILES string of the molecule is CC(C)c1ccc(C(=O)OCC(=O)Nc2ccc([N+](=O)[O-])cc2Cl)cc1. The van der Waals surface area contributed by atoms with Crippen molar-refractivity contribution in [2.24, 2.45) is 0 Å². The van der Waals surface area contributed by atoms with Gasteiger partial charge in [0.25, 0.3) is 11.6 Å². The predicted molar refractivity (Wildman–Crippen MR) is 97.5 cm³/mol. The number of nitro groups is 1. The molecule has 2 rings (SSSR count). The number of esters is 1. The smallest absolute Gasteiger partial charge is 0.338 e. The zero-order valence-electron chi connectivity index (χ0n) is 14.2. The minimum atomic E-state index is -0.620. The van der Waals surface area contributed by atoms with Gasteiger partial charge in [-0.25, -0.2) is 4.79 Å². The summed E-state index contributed by atoms with van der Waals surface area (Å²) in [6, 6.07) is 10.6. The minimum Gasteiger partial charge on any atom is -0.452 e. The van der Waals surface area contributed by atoms with Crippen LogP contribution in [-0.2, 0) is 9.53 Å². The Morgan fingerprint density at radius 1 is 1.19 bits per heavy atom. The molecule has 0 aliphatic rings. The van der Waals surface area contributed by atoms with Gasteiger partial charge in [0, 0.05) is 12.1 Å². The number of benzene rings is 2. The number of nitro benzene ring substituents is 1. The number of carbonyl (C=O) groups excluding carboxylic acids is 2. The van der Waals surface area contributed by atoms with Crippen molar-refractivity contribution in [1.82, 2.24) is 0 Å². The van der Waals surface area contributed by atoms with Gasteiger partial charge >= 0.3 is 5.97 Å². The largest absolute Gasteiger partial charge is 0.452 e. The summed E-state index contributed by atoms with van der Waals surface area (Å²) in [5.74, 6) is -0.879. The van der Waals surface area contributed by atoms with Gasteiger partial charge in [-0.2, -0.15) is 0 Å². The van der Waals surface area contributed by atoms with E-state index in [1.54, 1.807) is 12.1 Å².